The molecule has 3 heteroatoms. The van der Waals surface area contributed by atoms with E-state index in [0.29, 0.717) is 0 Å². The third-order valence-electron chi connectivity index (χ3n) is 2.67. The Bertz CT molecular complexity index is 325. The van der Waals surface area contributed by atoms with Gasteiger partial charge in [0.15, 0.2) is 0 Å². The van der Waals surface area contributed by atoms with Crippen molar-refractivity contribution in [3.63, 3.8) is 0 Å². The molecule has 3 nitrogen and oxygen atoms in total. The number of nitrogens with zero attached hydrogens (tertiary/aromatic N) is 1. The molecule has 0 aliphatic rings. The lowest BCUT2D eigenvalue weighted by Crippen LogP contribution is -2.33. The minimum Gasteiger partial charge on any atom is -0.468 e. The first-order valence-electron chi connectivity index (χ1n) is 6.28. The highest BCUT2D eigenvalue weighted by atomic mass is 16.3. The molecule has 0 aromatic carbocycles. The highest BCUT2D eigenvalue weighted by molar-refractivity contribution is 5.14. The smallest absolute Gasteiger partial charge is 0.120 e. The molecule has 1 rings (SSSR count). The average molecular weight is 239 g/mol. The summed E-state index contributed by atoms with van der Waals surface area (Å²) in [7, 11) is 0. The highest BCUT2D eigenvalue weighted by Crippen LogP contribution is 2.19. The van der Waals surface area contributed by atoms with Crippen LogP contribution in [-0.4, -0.2) is 29.7 Å². The van der Waals surface area contributed by atoms with Gasteiger partial charge in [0.05, 0.1) is 12.8 Å². The van der Waals surface area contributed by atoms with Crippen molar-refractivity contribution in [2.75, 3.05) is 19.7 Å². The van der Waals surface area contributed by atoms with E-state index in [4.69, 9.17) is 9.52 Å². The summed E-state index contributed by atoms with van der Waals surface area (Å²) in [6.07, 6.45) is 2.56. The van der Waals surface area contributed by atoms with Crippen molar-refractivity contribution < 1.29 is 9.52 Å². The Morgan fingerprint density at radius 1 is 1.35 bits per heavy atom. The van der Waals surface area contributed by atoms with Gasteiger partial charge >= 0.3 is 0 Å². The van der Waals surface area contributed by atoms with Gasteiger partial charge in [0, 0.05) is 19.7 Å². The maximum absolute atomic E-state index is 8.94. The lowest BCUT2D eigenvalue weighted by Gasteiger charge is -2.29. The van der Waals surface area contributed by atoms with Crippen LogP contribution in [0.25, 0.3) is 0 Å². The van der Waals surface area contributed by atoms with Gasteiger partial charge in [0.1, 0.15) is 5.76 Å². The van der Waals surface area contributed by atoms with Gasteiger partial charge in [-0.25, -0.2) is 0 Å². The summed E-state index contributed by atoms with van der Waals surface area (Å²) in [5.74, 6) is 1.03. The summed E-state index contributed by atoms with van der Waals surface area (Å²) in [6, 6.07) is 2.00. The van der Waals surface area contributed by atoms with Crippen LogP contribution in [0.1, 0.15) is 38.5 Å². The van der Waals surface area contributed by atoms with E-state index < -0.39 is 0 Å². The highest BCUT2D eigenvalue weighted by Gasteiger charge is 2.17. The number of rotatable bonds is 6. The predicted molar refractivity (Wildman–Crippen MR) is 69.9 cm³/mol. The number of aliphatic hydroxyl groups is 1. The zero-order valence-electron chi connectivity index (χ0n) is 11.5. The van der Waals surface area contributed by atoms with Crippen LogP contribution >= 0.6 is 0 Å². The molecule has 0 atom stereocenters. The summed E-state index contributed by atoms with van der Waals surface area (Å²) in [5.41, 5.74) is 1.46. The van der Waals surface area contributed by atoms with Gasteiger partial charge in [-0.2, -0.15) is 0 Å². The Hall–Kier alpha value is -0.800. The Morgan fingerprint density at radius 2 is 2.06 bits per heavy atom. The van der Waals surface area contributed by atoms with Crippen LogP contribution in [-0.2, 0) is 6.54 Å². The molecular formula is C14H25NO2. The second kappa shape index (κ2) is 6.22. The molecule has 1 aromatic heterocycles. The van der Waals surface area contributed by atoms with E-state index in [1.807, 2.05) is 6.07 Å². The third-order valence-corrected chi connectivity index (χ3v) is 2.67. The first kappa shape index (κ1) is 14.3. The zero-order chi connectivity index (χ0) is 12.9. The summed E-state index contributed by atoms with van der Waals surface area (Å²) >= 11 is 0. The zero-order valence-corrected chi connectivity index (χ0v) is 11.5. The largest absolute Gasteiger partial charge is 0.468 e. The topological polar surface area (TPSA) is 36.6 Å². The summed E-state index contributed by atoms with van der Waals surface area (Å²) < 4.78 is 5.49. The van der Waals surface area contributed by atoms with Gasteiger partial charge < -0.3 is 9.52 Å². The van der Waals surface area contributed by atoms with Crippen molar-refractivity contribution in [3.8, 4) is 0 Å². The van der Waals surface area contributed by atoms with Crippen LogP contribution in [0.2, 0.25) is 0 Å². The summed E-state index contributed by atoms with van der Waals surface area (Å²) in [5, 5.41) is 8.94. The number of aryl methyl sites for hydroxylation is 1. The van der Waals surface area contributed by atoms with Gasteiger partial charge in [0.2, 0.25) is 0 Å². The second-order valence-electron chi connectivity index (χ2n) is 5.88. The first-order valence-corrected chi connectivity index (χ1v) is 6.28. The molecule has 0 spiro atoms. The molecule has 0 saturated heterocycles. The number of hydrogen-bond acceptors (Lipinski definition) is 3. The van der Waals surface area contributed by atoms with Crippen molar-refractivity contribution in [1.82, 2.24) is 4.90 Å². The molecule has 17 heavy (non-hydrogen) atoms. The monoisotopic (exact) mass is 239 g/mol. The molecule has 1 aromatic rings. The van der Waals surface area contributed by atoms with Crippen LogP contribution < -0.4 is 0 Å². The third kappa shape index (κ3) is 5.37. The standard InChI is InChI=1S/C14H25NO2/c1-12-6-9-17-13(12)10-15(7-5-8-16)11-14(2,3)4/h6,9,16H,5,7-8,10-11H2,1-4H3. The first-order chi connectivity index (χ1) is 7.92. The number of hydrogen-bond donors (Lipinski definition) is 1. The van der Waals surface area contributed by atoms with Crippen LogP contribution in [0.15, 0.2) is 16.7 Å². The van der Waals surface area contributed by atoms with E-state index in [0.717, 1.165) is 31.8 Å². The summed E-state index contributed by atoms with van der Waals surface area (Å²) in [4.78, 5) is 2.35. The maximum Gasteiger partial charge on any atom is 0.120 e. The Balaban J connectivity index is 2.60. The molecule has 98 valence electrons. The Morgan fingerprint density at radius 3 is 2.53 bits per heavy atom. The number of aliphatic hydroxyl groups excluding tert-OH is 1. The molecule has 0 unspecified atom stereocenters. The minimum absolute atomic E-state index is 0.248. The van der Waals surface area contributed by atoms with E-state index >= 15 is 0 Å². The molecule has 1 N–H and O–H groups in total. The van der Waals surface area contributed by atoms with Crippen LogP contribution in [0.4, 0.5) is 0 Å². The Kier molecular flexibility index (Phi) is 5.22. The number of furan rings is 1. The average Bonchev–Trinajstić information content (AvgIpc) is 2.59. The van der Waals surface area contributed by atoms with E-state index in [-0.39, 0.29) is 12.0 Å². The van der Waals surface area contributed by atoms with Crippen molar-refractivity contribution in [1.29, 1.82) is 0 Å². The molecule has 0 bridgehead atoms. The van der Waals surface area contributed by atoms with E-state index in [1.54, 1.807) is 6.26 Å². The molecule has 0 aliphatic carbocycles. The molecule has 0 amide bonds. The van der Waals surface area contributed by atoms with Crippen LogP contribution in [0, 0.1) is 12.3 Å². The van der Waals surface area contributed by atoms with Crippen molar-refractivity contribution in [3.05, 3.63) is 23.7 Å². The molecule has 0 aliphatic heterocycles. The fourth-order valence-electron chi connectivity index (χ4n) is 1.95. The maximum atomic E-state index is 8.94. The van der Waals surface area contributed by atoms with E-state index in [2.05, 4.69) is 32.6 Å². The van der Waals surface area contributed by atoms with Crippen molar-refractivity contribution >= 4 is 0 Å². The van der Waals surface area contributed by atoms with Gasteiger partial charge in [-0.3, -0.25) is 4.90 Å². The van der Waals surface area contributed by atoms with Gasteiger partial charge in [-0.15, -0.1) is 0 Å². The SMILES string of the molecule is Cc1ccoc1CN(CCCO)CC(C)(C)C. The molecule has 1 heterocycles. The fraction of sp³-hybridized carbons (Fsp3) is 0.714. The van der Waals surface area contributed by atoms with Gasteiger partial charge in [0.25, 0.3) is 0 Å². The lowest BCUT2D eigenvalue weighted by atomic mass is 9.96. The molecule has 0 fully saturated rings. The van der Waals surface area contributed by atoms with Crippen molar-refractivity contribution in [2.45, 2.75) is 40.7 Å². The van der Waals surface area contributed by atoms with Gasteiger partial charge in [-0.1, -0.05) is 20.8 Å². The quantitative estimate of drug-likeness (QED) is 0.829. The van der Waals surface area contributed by atoms with Crippen LogP contribution in [0.3, 0.4) is 0 Å². The normalized spacial score (nSPS) is 12.4. The molecule has 0 radical (unpaired) electrons. The summed E-state index contributed by atoms with van der Waals surface area (Å²) in [6.45, 7) is 11.8. The van der Waals surface area contributed by atoms with Crippen molar-refractivity contribution in [2.24, 2.45) is 5.41 Å². The minimum atomic E-state index is 0.248. The van der Waals surface area contributed by atoms with Crippen LogP contribution in [0.5, 0.6) is 0 Å². The Labute approximate surface area is 104 Å². The molecular weight excluding hydrogens is 214 g/mol. The second-order valence-corrected chi connectivity index (χ2v) is 5.88. The fourth-order valence-corrected chi connectivity index (χ4v) is 1.95. The lowest BCUT2D eigenvalue weighted by molar-refractivity contribution is 0.156. The van der Waals surface area contributed by atoms with E-state index in [1.165, 1.54) is 5.56 Å². The van der Waals surface area contributed by atoms with Gasteiger partial charge in [-0.05, 0) is 30.4 Å². The predicted octanol–water partition coefficient (Wildman–Crippen LogP) is 2.82. The molecule has 0 saturated carbocycles. The van der Waals surface area contributed by atoms with E-state index in [9.17, 15) is 0 Å².